The van der Waals surface area contributed by atoms with Crippen molar-refractivity contribution in [2.45, 2.75) is 24.1 Å². The molecule has 1 aromatic carbocycles. The number of carbonyl (C=O) groups is 1. The van der Waals surface area contributed by atoms with Gasteiger partial charge in [-0.3, -0.25) is 4.79 Å². The second-order valence-electron chi connectivity index (χ2n) is 4.60. The van der Waals surface area contributed by atoms with Crippen LogP contribution in [0.15, 0.2) is 52.1 Å². The van der Waals surface area contributed by atoms with Crippen molar-refractivity contribution in [2.24, 2.45) is 0 Å². The predicted molar refractivity (Wildman–Crippen MR) is 88.2 cm³/mol. The number of thioether (sulfide) groups is 1. The van der Waals surface area contributed by atoms with Gasteiger partial charge in [0.25, 0.3) is 5.03 Å². The fourth-order valence-corrected chi connectivity index (χ4v) is 3.14. The third kappa shape index (κ3) is 4.22. The van der Waals surface area contributed by atoms with Gasteiger partial charge in [-0.1, -0.05) is 6.07 Å². The highest BCUT2D eigenvalue weighted by Crippen LogP contribution is 2.25. The highest BCUT2D eigenvalue weighted by Gasteiger charge is 2.19. The Hall–Kier alpha value is -1.53. The molecule has 1 aromatic heterocycles. The maximum absolute atomic E-state index is 12.2. The molecule has 0 aliphatic rings. The molecule has 1 N–H and O–H groups in total. The molecule has 0 bridgehead atoms. The lowest BCUT2D eigenvalue weighted by molar-refractivity contribution is -0.645. The highest BCUT2D eigenvalue weighted by atomic mass is 79.9. The van der Waals surface area contributed by atoms with Crippen LogP contribution < -0.4 is 10.0 Å². The monoisotopic (exact) mass is 366 g/mol. The molecular formula is C15H15BrN2O2S. The maximum Gasteiger partial charge on any atom is 0.252 e. The lowest BCUT2D eigenvalue weighted by Gasteiger charge is -2.13. The van der Waals surface area contributed by atoms with Crippen LogP contribution in [0.1, 0.15) is 12.5 Å². The highest BCUT2D eigenvalue weighted by molar-refractivity contribution is 9.10. The van der Waals surface area contributed by atoms with Crippen molar-refractivity contribution in [3.05, 3.63) is 57.8 Å². The summed E-state index contributed by atoms with van der Waals surface area (Å²) in [5, 5.41) is 14.6. The van der Waals surface area contributed by atoms with Gasteiger partial charge >= 0.3 is 0 Å². The average Bonchev–Trinajstić information content (AvgIpc) is 2.44. The molecule has 1 atom stereocenters. The zero-order chi connectivity index (χ0) is 15.4. The van der Waals surface area contributed by atoms with Gasteiger partial charge in [-0.15, -0.1) is 0 Å². The molecule has 21 heavy (non-hydrogen) atoms. The third-order valence-electron chi connectivity index (χ3n) is 2.84. The van der Waals surface area contributed by atoms with Crippen LogP contribution in [0.2, 0.25) is 0 Å². The summed E-state index contributed by atoms with van der Waals surface area (Å²) in [7, 11) is 0. The number of nitrogens with one attached hydrogen (secondary N) is 1. The minimum atomic E-state index is -0.374. The van der Waals surface area contributed by atoms with Gasteiger partial charge in [0.15, 0.2) is 6.20 Å². The molecule has 110 valence electrons. The van der Waals surface area contributed by atoms with Crippen LogP contribution in [0.5, 0.6) is 0 Å². The van der Waals surface area contributed by atoms with Crippen molar-refractivity contribution in [1.29, 1.82) is 0 Å². The first-order valence-corrected chi connectivity index (χ1v) is 8.06. The molecule has 2 rings (SSSR count). The number of pyridine rings is 1. The minimum Gasteiger partial charge on any atom is -0.618 e. The Kier molecular flexibility index (Phi) is 5.25. The van der Waals surface area contributed by atoms with Crippen molar-refractivity contribution >= 4 is 39.3 Å². The van der Waals surface area contributed by atoms with E-state index in [4.69, 9.17) is 0 Å². The van der Waals surface area contributed by atoms with E-state index in [0.717, 1.165) is 20.5 Å². The molecule has 0 saturated carbocycles. The van der Waals surface area contributed by atoms with E-state index < -0.39 is 0 Å². The fraction of sp³-hybridized carbons (Fsp3) is 0.200. The molecule has 1 heterocycles. The van der Waals surface area contributed by atoms with Gasteiger partial charge in [-0.05, 0) is 65.3 Å². The Morgan fingerprint density at radius 2 is 2.14 bits per heavy atom. The second kappa shape index (κ2) is 6.95. The summed E-state index contributed by atoms with van der Waals surface area (Å²) in [6.07, 6.45) is 1.42. The Balaban J connectivity index is 2.04. The Labute approximate surface area is 136 Å². The lowest BCUT2D eigenvalue weighted by atomic mass is 10.2. The number of benzene rings is 1. The van der Waals surface area contributed by atoms with Crippen molar-refractivity contribution in [3.63, 3.8) is 0 Å². The van der Waals surface area contributed by atoms with E-state index in [1.54, 1.807) is 25.1 Å². The maximum atomic E-state index is 12.2. The van der Waals surface area contributed by atoms with Crippen molar-refractivity contribution < 1.29 is 9.52 Å². The molecule has 2 aromatic rings. The summed E-state index contributed by atoms with van der Waals surface area (Å²) < 4.78 is 1.60. The molecule has 6 heteroatoms. The first-order valence-electron chi connectivity index (χ1n) is 6.39. The number of aryl methyl sites for hydroxylation is 1. The number of anilines is 1. The molecule has 0 aliphatic heterocycles. The zero-order valence-electron chi connectivity index (χ0n) is 11.7. The average molecular weight is 367 g/mol. The van der Waals surface area contributed by atoms with Gasteiger partial charge in [0.2, 0.25) is 5.91 Å². The Morgan fingerprint density at radius 1 is 1.38 bits per heavy atom. The number of nitrogens with zero attached hydrogens (tertiary/aromatic N) is 1. The van der Waals surface area contributed by atoms with Gasteiger partial charge in [0.1, 0.15) is 0 Å². The standard InChI is InChI=1S/C15H15BrN2O2S/c1-10-6-7-13(12(16)9-10)17-15(19)11(2)21-14-5-3-4-8-18(14)20/h3-9,11H,1-2H3,(H,17,19)/t11-/m0/s1. The van der Waals surface area contributed by atoms with Crippen LogP contribution in [-0.4, -0.2) is 11.2 Å². The van der Waals surface area contributed by atoms with Crippen LogP contribution in [0.25, 0.3) is 0 Å². The second-order valence-corrected chi connectivity index (χ2v) is 6.81. The van der Waals surface area contributed by atoms with Crippen LogP contribution in [0.4, 0.5) is 5.69 Å². The number of carbonyl (C=O) groups excluding carboxylic acids is 1. The smallest absolute Gasteiger partial charge is 0.252 e. The van der Waals surface area contributed by atoms with Gasteiger partial charge in [-0.25, -0.2) is 0 Å². The van der Waals surface area contributed by atoms with Gasteiger partial charge in [-0.2, -0.15) is 4.73 Å². The largest absolute Gasteiger partial charge is 0.618 e. The SMILES string of the molecule is Cc1ccc(NC(=O)[C@H](C)Sc2cccc[n+]2[O-])c(Br)c1. The number of halogens is 1. The molecule has 0 saturated heterocycles. The summed E-state index contributed by atoms with van der Waals surface area (Å²) in [6.45, 7) is 3.76. The van der Waals surface area contributed by atoms with Crippen molar-refractivity contribution in [3.8, 4) is 0 Å². The van der Waals surface area contributed by atoms with Crippen molar-refractivity contribution in [1.82, 2.24) is 0 Å². The Bertz CT molecular complexity index is 664. The summed E-state index contributed by atoms with van der Waals surface area (Å²) in [5.74, 6) is -0.145. The summed E-state index contributed by atoms with van der Waals surface area (Å²) in [5.41, 5.74) is 1.83. The van der Waals surface area contributed by atoms with Crippen LogP contribution in [0, 0.1) is 12.1 Å². The molecule has 0 radical (unpaired) electrons. The van der Waals surface area contributed by atoms with E-state index >= 15 is 0 Å². The van der Waals surface area contributed by atoms with E-state index in [1.165, 1.54) is 18.0 Å². The first-order chi connectivity index (χ1) is 9.97. The van der Waals surface area contributed by atoms with Gasteiger partial charge in [0, 0.05) is 16.6 Å². The quantitative estimate of drug-likeness (QED) is 0.511. The molecule has 4 nitrogen and oxygen atoms in total. The number of hydrogen-bond donors (Lipinski definition) is 1. The van der Waals surface area contributed by atoms with Crippen molar-refractivity contribution in [2.75, 3.05) is 5.32 Å². The number of rotatable bonds is 4. The Morgan fingerprint density at radius 3 is 2.81 bits per heavy atom. The van der Waals surface area contributed by atoms with E-state index in [0.29, 0.717) is 5.03 Å². The topological polar surface area (TPSA) is 56.0 Å². The van der Waals surface area contributed by atoms with E-state index in [9.17, 15) is 10.0 Å². The molecule has 0 spiro atoms. The molecule has 0 fully saturated rings. The fourth-order valence-electron chi connectivity index (χ4n) is 1.69. The minimum absolute atomic E-state index is 0.145. The van der Waals surface area contributed by atoms with Crippen LogP contribution in [0.3, 0.4) is 0 Å². The van der Waals surface area contributed by atoms with E-state index in [1.807, 2.05) is 25.1 Å². The number of aromatic nitrogens is 1. The molecule has 0 unspecified atom stereocenters. The van der Waals surface area contributed by atoms with Crippen LogP contribution >= 0.6 is 27.7 Å². The normalized spacial score (nSPS) is 12.0. The summed E-state index contributed by atoms with van der Waals surface area (Å²) in [4.78, 5) is 12.2. The van der Waals surface area contributed by atoms with Crippen LogP contribution in [-0.2, 0) is 4.79 Å². The van der Waals surface area contributed by atoms with E-state index in [-0.39, 0.29) is 11.2 Å². The lowest BCUT2D eigenvalue weighted by Crippen LogP contribution is -2.30. The molecular weight excluding hydrogens is 352 g/mol. The van der Waals surface area contributed by atoms with Gasteiger partial charge < -0.3 is 10.5 Å². The van der Waals surface area contributed by atoms with E-state index in [2.05, 4.69) is 21.2 Å². The van der Waals surface area contributed by atoms with Gasteiger partial charge in [0.05, 0.1) is 10.9 Å². The number of amides is 1. The molecule has 1 amide bonds. The summed E-state index contributed by atoms with van der Waals surface area (Å²) in [6, 6.07) is 10.9. The third-order valence-corrected chi connectivity index (χ3v) is 4.62. The molecule has 0 aliphatic carbocycles. The summed E-state index contributed by atoms with van der Waals surface area (Å²) >= 11 is 4.66. The number of hydrogen-bond acceptors (Lipinski definition) is 3. The first kappa shape index (κ1) is 15.9. The predicted octanol–water partition coefficient (Wildman–Crippen LogP) is 3.51. The zero-order valence-corrected chi connectivity index (χ0v) is 14.1.